The Hall–Kier alpha value is -4.87. The van der Waals surface area contributed by atoms with Crippen molar-refractivity contribution in [1.29, 1.82) is 0 Å². The molecule has 1 unspecified atom stereocenters. The van der Waals surface area contributed by atoms with Crippen LogP contribution in [0.2, 0.25) is 0 Å². The van der Waals surface area contributed by atoms with Gasteiger partial charge in [-0.25, -0.2) is 14.8 Å². The second kappa shape index (κ2) is 14.9. The number of quaternary nitrogens is 1. The van der Waals surface area contributed by atoms with Crippen LogP contribution < -0.4 is 10.6 Å². The Kier molecular flexibility index (Phi) is 10.6. The van der Waals surface area contributed by atoms with Crippen LogP contribution in [-0.2, 0) is 16.0 Å². The quantitative estimate of drug-likeness (QED) is 0.153. The summed E-state index contributed by atoms with van der Waals surface area (Å²) in [5.74, 6) is 0.268. The minimum atomic E-state index is -0.600. The van der Waals surface area contributed by atoms with Gasteiger partial charge in [-0.15, -0.1) is 0 Å². The molecule has 240 valence electrons. The number of rotatable bonds is 11. The number of hydrogen-bond donors (Lipinski definition) is 2. The molecule has 0 aliphatic carbocycles. The molecule has 1 aliphatic heterocycles. The summed E-state index contributed by atoms with van der Waals surface area (Å²) in [6, 6.07) is 19.1. The summed E-state index contributed by atoms with van der Waals surface area (Å²) >= 11 is 0. The zero-order chi connectivity index (χ0) is 32.5. The van der Waals surface area contributed by atoms with E-state index in [2.05, 4.69) is 37.5 Å². The molecule has 0 bridgehead atoms. The van der Waals surface area contributed by atoms with Gasteiger partial charge in [-0.05, 0) is 73.9 Å². The highest BCUT2D eigenvalue weighted by Gasteiger charge is 2.30. The topological polar surface area (TPSA) is 119 Å². The number of pyridine rings is 1. The maximum Gasteiger partial charge on any atom is 0.512 e. The lowest BCUT2D eigenvalue weighted by Gasteiger charge is -2.41. The number of carbonyl (C=O) groups is 2. The van der Waals surface area contributed by atoms with E-state index in [0.717, 1.165) is 67.2 Å². The number of aromatic nitrogens is 3. The predicted octanol–water partition coefficient (Wildman–Crippen LogP) is 6.01. The van der Waals surface area contributed by atoms with Crippen LogP contribution in [0.4, 0.5) is 22.1 Å². The summed E-state index contributed by atoms with van der Waals surface area (Å²) in [7, 11) is 2.10. The van der Waals surface area contributed by atoms with Gasteiger partial charge in [0.2, 0.25) is 12.7 Å². The van der Waals surface area contributed by atoms with Gasteiger partial charge in [-0.3, -0.25) is 19.2 Å². The zero-order valence-electron chi connectivity index (χ0n) is 26.9. The number of ether oxygens (including phenoxy) is 2. The molecule has 0 spiro atoms. The van der Waals surface area contributed by atoms with Crippen molar-refractivity contribution in [2.75, 3.05) is 50.6 Å². The smallest absolute Gasteiger partial charge is 0.431 e. The lowest BCUT2D eigenvalue weighted by Crippen LogP contribution is -2.58. The Balaban J connectivity index is 1.12. The highest BCUT2D eigenvalue weighted by atomic mass is 16.7. The molecule has 4 aromatic rings. The van der Waals surface area contributed by atoms with E-state index < -0.39 is 6.16 Å². The lowest BCUT2D eigenvalue weighted by atomic mass is 10.1. The standard InChI is InChI=1S/C35H41N7O4/c1-5-26(3)46-35(44)45-24-42(4)19-17-41(18-20-42)23-27-9-11-28(12-10-27)33(43)38-30-13-8-25(2)32(21-30)40-34-37-16-14-31(39-34)29-7-6-15-36-22-29/h6-16,21-22,26H,5,17-20,23-24H2,1-4H3,(H-,37,38,39,40,43)/p+1. The van der Waals surface area contributed by atoms with Gasteiger partial charge in [0, 0.05) is 60.7 Å². The van der Waals surface area contributed by atoms with E-state index in [9.17, 15) is 9.59 Å². The molecule has 2 aromatic heterocycles. The van der Waals surface area contributed by atoms with Gasteiger partial charge in [0.1, 0.15) is 6.10 Å². The fourth-order valence-electron chi connectivity index (χ4n) is 5.04. The molecule has 2 N–H and O–H groups in total. The zero-order valence-corrected chi connectivity index (χ0v) is 26.9. The van der Waals surface area contributed by atoms with Crippen LogP contribution in [-0.4, -0.2) is 82.5 Å². The Morgan fingerprint density at radius 2 is 1.83 bits per heavy atom. The Bertz CT molecular complexity index is 1620. The van der Waals surface area contributed by atoms with Crippen molar-refractivity contribution in [1.82, 2.24) is 19.9 Å². The molecular weight excluding hydrogens is 582 g/mol. The van der Waals surface area contributed by atoms with E-state index >= 15 is 0 Å². The van der Waals surface area contributed by atoms with E-state index in [1.165, 1.54) is 0 Å². The first-order chi connectivity index (χ1) is 22.2. The van der Waals surface area contributed by atoms with Crippen molar-refractivity contribution >= 4 is 29.4 Å². The van der Waals surface area contributed by atoms with Crippen molar-refractivity contribution in [3.8, 4) is 11.3 Å². The summed E-state index contributed by atoms with van der Waals surface area (Å²) in [6.45, 7) is 10.4. The van der Waals surface area contributed by atoms with Crippen LogP contribution in [0.5, 0.6) is 0 Å². The minimum absolute atomic E-state index is 0.145. The third-order valence-electron chi connectivity index (χ3n) is 8.26. The van der Waals surface area contributed by atoms with Gasteiger partial charge in [0.25, 0.3) is 5.91 Å². The van der Waals surface area contributed by atoms with Crippen molar-refractivity contribution in [3.63, 3.8) is 0 Å². The van der Waals surface area contributed by atoms with Gasteiger partial charge < -0.3 is 20.1 Å². The molecule has 1 aliphatic rings. The second-order valence-corrected chi connectivity index (χ2v) is 12.0. The summed E-state index contributed by atoms with van der Waals surface area (Å²) < 4.78 is 11.3. The average molecular weight is 625 g/mol. The van der Waals surface area contributed by atoms with E-state index in [1.807, 2.05) is 81.4 Å². The first-order valence-electron chi connectivity index (χ1n) is 15.6. The predicted molar refractivity (Wildman–Crippen MR) is 178 cm³/mol. The number of piperazine rings is 1. The first-order valence-corrected chi connectivity index (χ1v) is 15.6. The maximum absolute atomic E-state index is 13.1. The SMILES string of the molecule is CCC(C)OC(=O)OC[N+]1(C)CCN(Cc2ccc(C(=O)Nc3ccc(C)c(Nc4nccc(-c5cccnc5)n4)c3)cc2)CC1. The highest BCUT2D eigenvalue weighted by molar-refractivity contribution is 6.04. The number of amides is 1. The third-order valence-corrected chi connectivity index (χ3v) is 8.26. The number of nitrogens with one attached hydrogen (secondary N) is 2. The molecule has 11 heteroatoms. The van der Waals surface area contributed by atoms with E-state index in [-0.39, 0.29) is 12.0 Å². The number of carbonyl (C=O) groups excluding carboxylic acids is 2. The molecule has 46 heavy (non-hydrogen) atoms. The molecule has 0 saturated carbocycles. The summed E-state index contributed by atoms with van der Waals surface area (Å²) in [5.41, 5.74) is 5.83. The van der Waals surface area contributed by atoms with E-state index in [1.54, 1.807) is 18.6 Å². The van der Waals surface area contributed by atoms with Crippen molar-refractivity contribution in [3.05, 3.63) is 95.9 Å². The molecule has 2 aromatic carbocycles. The summed E-state index contributed by atoms with van der Waals surface area (Å²) in [6.07, 6.45) is 5.20. The Morgan fingerprint density at radius 3 is 2.54 bits per heavy atom. The molecule has 1 amide bonds. The van der Waals surface area contributed by atoms with Crippen LogP contribution in [0.25, 0.3) is 11.3 Å². The Labute approximate surface area is 270 Å². The molecular formula is C35H42N7O4+. The van der Waals surface area contributed by atoms with Crippen molar-refractivity contribution < 1.29 is 23.5 Å². The minimum Gasteiger partial charge on any atom is -0.431 e. The fraction of sp³-hybridized carbons (Fsp3) is 0.343. The van der Waals surface area contributed by atoms with Crippen LogP contribution >= 0.6 is 0 Å². The fourth-order valence-corrected chi connectivity index (χ4v) is 5.04. The number of benzene rings is 2. The van der Waals surface area contributed by atoms with Gasteiger partial charge in [-0.1, -0.05) is 25.1 Å². The summed E-state index contributed by atoms with van der Waals surface area (Å²) in [4.78, 5) is 40.6. The van der Waals surface area contributed by atoms with Gasteiger partial charge in [0.05, 0.1) is 25.8 Å². The largest absolute Gasteiger partial charge is 0.512 e. The molecule has 0 radical (unpaired) electrons. The maximum atomic E-state index is 13.1. The molecule has 1 saturated heterocycles. The number of hydrogen-bond acceptors (Lipinski definition) is 9. The monoisotopic (exact) mass is 624 g/mol. The van der Waals surface area contributed by atoms with Crippen molar-refractivity contribution in [2.24, 2.45) is 0 Å². The third kappa shape index (κ3) is 8.86. The number of anilines is 3. The lowest BCUT2D eigenvalue weighted by molar-refractivity contribution is -0.929. The average Bonchev–Trinajstić information content (AvgIpc) is 3.07. The molecule has 1 fully saturated rings. The normalized spacial score (nSPS) is 15.0. The molecule has 11 nitrogen and oxygen atoms in total. The number of nitrogens with zero attached hydrogens (tertiary/aromatic N) is 5. The van der Waals surface area contributed by atoms with Gasteiger partial charge in [0.15, 0.2) is 0 Å². The highest BCUT2D eigenvalue weighted by Crippen LogP contribution is 2.25. The van der Waals surface area contributed by atoms with Crippen LogP contribution in [0.15, 0.2) is 79.3 Å². The molecule has 5 rings (SSSR count). The van der Waals surface area contributed by atoms with Gasteiger partial charge >= 0.3 is 6.16 Å². The van der Waals surface area contributed by atoms with Crippen LogP contribution in [0.1, 0.15) is 41.8 Å². The van der Waals surface area contributed by atoms with Crippen LogP contribution in [0.3, 0.4) is 0 Å². The summed E-state index contributed by atoms with van der Waals surface area (Å²) in [5, 5.41) is 6.29. The van der Waals surface area contributed by atoms with Crippen LogP contribution in [0, 0.1) is 6.92 Å². The van der Waals surface area contributed by atoms with Crippen molar-refractivity contribution in [2.45, 2.75) is 39.8 Å². The first kappa shape index (κ1) is 32.5. The van der Waals surface area contributed by atoms with E-state index in [4.69, 9.17) is 9.47 Å². The van der Waals surface area contributed by atoms with E-state index in [0.29, 0.717) is 28.4 Å². The number of likely N-dealkylation sites (N-methyl/N-ethyl adjacent to an activating group) is 1. The molecule has 3 heterocycles. The number of aryl methyl sites for hydroxylation is 1. The second-order valence-electron chi connectivity index (χ2n) is 12.0. The molecule has 1 atom stereocenters. The van der Waals surface area contributed by atoms with Gasteiger partial charge in [-0.2, -0.15) is 0 Å². The Morgan fingerprint density at radius 1 is 1.04 bits per heavy atom.